The fourth-order valence-corrected chi connectivity index (χ4v) is 2.59. The number of halogens is 1. The summed E-state index contributed by atoms with van der Waals surface area (Å²) in [4.78, 5) is 0. The molecule has 0 aliphatic carbocycles. The van der Waals surface area contributed by atoms with Crippen LogP contribution < -0.4 is 0 Å². The SMILES string of the molecule is CCCCC(CC)C(O)c1c(C)cc(C)cc1F. The van der Waals surface area contributed by atoms with Crippen LogP contribution in [-0.2, 0) is 0 Å². The lowest BCUT2D eigenvalue weighted by Gasteiger charge is -2.24. The van der Waals surface area contributed by atoms with E-state index in [4.69, 9.17) is 0 Å². The Morgan fingerprint density at radius 3 is 2.39 bits per heavy atom. The van der Waals surface area contributed by atoms with Crippen molar-refractivity contribution in [2.45, 2.75) is 59.5 Å². The lowest BCUT2D eigenvalue weighted by Crippen LogP contribution is -2.15. The molecule has 0 heterocycles. The van der Waals surface area contributed by atoms with Gasteiger partial charge in [0.15, 0.2) is 0 Å². The number of rotatable bonds is 6. The summed E-state index contributed by atoms with van der Waals surface area (Å²) in [6.07, 6.45) is 3.36. The van der Waals surface area contributed by atoms with Crippen molar-refractivity contribution in [2.75, 3.05) is 0 Å². The summed E-state index contributed by atoms with van der Waals surface area (Å²) in [5.41, 5.74) is 2.25. The highest BCUT2D eigenvalue weighted by Gasteiger charge is 2.23. The molecule has 18 heavy (non-hydrogen) atoms. The van der Waals surface area contributed by atoms with E-state index in [0.717, 1.165) is 36.8 Å². The Balaban J connectivity index is 2.97. The van der Waals surface area contributed by atoms with Crippen LogP contribution in [0.4, 0.5) is 4.39 Å². The normalized spacial score (nSPS) is 14.6. The molecule has 0 aliphatic heterocycles. The summed E-state index contributed by atoms with van der Waals surface area (Å²) in [6, 6.07) is 3.45. The van der Waals surface area contributed by atoms with Crippen molar-refractivity contribution in [2.24, 2.45) is 5.92 Å². The summed E-state index contributed by atoms with van der Waals surface area (Å²) in [6.45, 7) is 7.95. The van der Waals surface area contributed by atoms with Crippen LogP contribution in [0.2, 0.25) is 0 Å². The van der Waals surface area contributed by atoms with Crippen molar-refractivity contribution < 1.29 is 9.50 Å². The molecule has 0 radical (unpaired) electrons. The predicted molar refractivity (Wildman–Crippen MR) is 74.1 cm³/mol. The summed E-state index contributed by atoms with van der Waals surface area (Å²) >= 11 is 0. The highest BCUT2D eigenvalue weighted by Crippen LogP contribution is 2.32. The fourth-order valence-electron chi connectivity index (χ4n) is 2.59. The Kier molecular flexibility index (Phi) is 5.80. The molecule has 1 aromatic carbocycles. The van der Waals surface area contributed by atoms with E-state index in [0.29, 0.717) is 5.56 Å². The van der Waals surface area contributed by atoms with E-state index < -0.39 is 6.10 Å². The number of hydrogen-bond acceptors (Lipinski definition) is 1. The first kappa shape index (κ1) is 15.2. The van der Waals surface area contributed by atoms with Crippen LogP contribution in [0.5, 0.6) is 0 Å². The lowest BCUT2D eigenvalue weighted by molar-refractivity contribution is 0.0947. The largest absolute Gasteiger partial charge is 0.388 e. The van der Waals surface area contributed by atoms with Gasteiger partial charge in [0.25, 0.3) is 0 Å². The van der Waals surface area contributed by atoms with Crippen LogP contribution in [0.25, 0.3) is 0 Å². The zero-order chi connectivity index (χ0) is 13.7. The molecular formula is C16H25FO. The second-order valence-corrected chi connectivity index (χ2v) is 5.23. The first-order valence-corrected chi connectivity index (χ1v) is 6.95. The molecule has 102 valence electrons. The molecule has 2 unspecified atom stereocenters. The molecular weight excluding hydrogens is 227 g/mol. The van der Waals surface area contributed by atoms with Crippen LogP contribution >= 0.6 is 0 Å². The lowest BCUT2D eigenvalue weighted by atomic mass is 9.86. The second-order valence-electron chi connectivity index (χ2n) is 5.23. The second kappa shape index (κ2) is 6.89. The Morgan fingerprint density at radius 2 is 1.89 bits per heavy atom. The molecule has 0 amide bonds. The molecule has 1 nitrogen and oxygen atoms in total. The van der Waals surface area contributed by atoms with E-state index >= 15 is 0 Å². The van der Waals surface area contributed by atoms with Crippen molar-refractivity contribution >= 4 is 0 Å². The van der Waals surface area contributed by atoms with E-state index in [1.165, 1.54) is 6.07 Å². The molecule has 0 aliphatic rings. The monoisotopic (exact) mass is 252 g/mol. The van der Waals surface area contributed by atoms with Crippen molar-refractivity contribution in [3.63, 3.8) is 0 Å². The van der Waals surface area contributed by atoms with Gasteiger partial charge >= 0.3 is 0 Å². The van der Waals surface area contributed by atoms with Gasteiger partial charge in [-0.3, -0.25) is 0 Å². The third kappa shape index (κ3) is 3.55. The van der Waals surface area contributed by atoms with Gasteiger partial charge in [0.05, 0.1) is 6.10 Å². The van der Waals surface area contributed by atoms with Gasteiger partial charge in [-0.15, -0.1) is 0 Å². The maximum atomic E-state index is 14.0. The summed E-state index contributed by atoms with van der Waals surface area (Å²) in [5.74, 6) is -0.115. The first-order chi connectivity index (χ1) is 8.51. The van der Waals surface area contributed by atoms with Crippen LogP contribution in [0.1, 0.15) is 62.3 Å². The van der Waals surface area contributed by atoms with Gasteiger partial charge < -0.3 is 5.11 Å². The molecule has 2 atom stereocenters. The third-order valence-corrected chi connectivity index (χ3v) is 3.68. The minimum atomic E-state index is -0.679. The summed E-state index contributed by atoms with van der Waals surface area (Å²) in [7, 11) is 0. The van der Waals surface area contributed by atoms with Gasteiger partial charge in [0, 0.05) is 5.56 Å². The van der Waals surface area contributed by atoms with Gasteiger partial charge in [-0.25, -0.2) is 4.39 Å². The molecule has 1 N–H and O–H groups in total. The molecule has 0 saturated heterocycles. The first-order valence-electron chi connectivity index (χ1n) is 6.95. The predicted octanol–water partition coefficient (Wildman–Crippen LogP) is 4.69. The molecule has 1 aromatic rings. The minimum Gasteiger partial charge on any atom is -0.388 e. The van der Waals surface area contributed by atoms with Crippen LogP contribution in [0, 0.1) is 25.6 Å². The molecule has 0 aromatic heterocycles. The Morgan fingerprint density at radius 1 is 1.22 bits per heavy atom. The third-order valence-electron chi connectivity index (χ3n) is 3.68. The molecule has 0 bridgehead atoms. The maximum absolute atomic E-state index is 14.0. The topological polar surface area (TPSA) is 20.2 Å². The van der Waals surface area contributed by atoms with Gasteiger partial charge in [-0.05, 0) is 43.4 Å². The van der Waals surface area contributed by atoms with Crippen molar-refractivity contribution in [3.05, 3.63) is 34.6 Å². The van der Waals surface area contributed by atoms with E-state index in [1.807, 2.05) is 19.9 Å². The van der Waals surface area contributed by atoms with Crippen molar-refractivity contribution in [3.8, 4) is 0 Å². The molecule has 0 fully saturated rings. The molecule has 2 heteroatoms. The minimum absolute atomic E-state index is 0.154. The van der Waals surface area contributed by atoms with E-state index in [2.05, 4.69) is 13.8 Å². The smallest absolute Gasteiger partial charge is 0.129 e. The number of benzene rings is 1. The Labute approximate surface area is 110 Å². The van der Waals surface area contributed by atoms with Crippen molar-refractivity contribution in [1.82, 2.24) is 0 Å². The Bertz CT molecular complexity index is 364. The van der Waals surface area contributed by atoms with E-state index in [-0.39, 0.29) is 11.7 Å². The van der Waals surface area contributed by atoms with Crippen molar-refractivity contribution in [1.29, 1.82) is 0 Å². The molecule has 1 rings (SSSR count). The zero-order valence-electron chi connectivity index (χ0n) is 12.0. The van der Waals surface area contributed by atoms with Crippen LogP contribution in [-0.4, -0.2) is 5.11 Å². The highest BCUT2D eigenvalue weighted by molar-refractivity contribution is 5.33. The average molecular weight is 252 g/mol. The van der Waals surface area contributed by atoms with Gasteiger partial charge in [-0.2, -0.15) is 0 Å². The standard InChI is InChI=1S/C16H25FO/c1-5-7-8-13(6-2)16(18)15-12(4)9-11(3)10-14(15)17/h9-10,13,16,18H,5-8H2,1-4H3. The van der Waals surface area contributed by atoms with Crippen LogP contribution in [0.15, 0.2) is 12.1 Å². The number of unbranched alkanes of at least 4 members (excludes halogenated alkanes) is 1. The number of hydrogen-bond donors (Lipinski definition) is 1. The maximum Gasteiger partial charge on any atom is 0.129 e. The summed E-state index contributed by atoms with van der Waals surface area (Å²) in [5, 5.41) is 10.4. The number of aliphatic hydroxyl groups excluding tert-OH is 1. The van der Waals surface area contributed by atoms with E-state index in [1.54, 1.807) is 0 Å². The van der Waals surface area contributed by atoms with Crippen LogP contribution in [0.3, 0.4) is 0 Å². The molecule has 0 spiro atoms. The Hall–Kier alpha value is -0.890. The quantitative estimate of drug-likeness (QED) is 0.778. The van der Waals surface area contributed by atoms with Gasteiger partial charge in [0.1, 0.15) is 5.82 Å². The molecule has 0 saturated carbocycles. The number of aryl methyl sites for hydroxylation is 2. The fraction of sp³-hybridized carbons (Fsp3) is 0.625. The zero-order valence-corrected chi connectivity index (χ0v) is 12.0. The number of aliphatic hydroxyl groups is 1. The van der Waals surface area contributed by atoms with Gasteiger partial charge in [-0.1, -0.05) is 39.2 Å². The highest BCUT2D eigenvalue weighted by atomic mass is 19.1. The van der Waals surface area contributed by atoms with Gasteiger partial charge in [0.2, 0.25) is 0 Å². The summed E-state index contributed by atoms with van der Waals surface area (Å²) < 4.78 is 14.0. The van der Waals surface area contributed by atoms with E-state index in [9.17, 15) is 9.50 Å². The average Bonchev–Trinajstić information content (AvgIpc) is 2.28.